The summed E-state index contributed by atoms with van der Waals surface area (Å²) in [5.41, 5.74) is 18.1. The number of benzene rings is 1. The quantitative estimate of drug-likeness (QED) is 0.829. The summed E-state index contributed by atoms with van der Waals surface area (Å²) in [7, 11) is 0. The molecule has 5 nitrogen and oxygen atoms in total. The molecule has 1 aromatic heterocycles. The van der Waals surface area contributed by atoms with Crippen molar-refractivity contribution in [3.8, 4) is 17.0 Å². The van der Waals surface area contributed by atoms with Gasteiger partial charge < -0.3 is 16.2 Å². The Bertz CT molecular complexity index is 840. The highest BCUT2D eigenvalue weighted by Gasteiger charge is 2.34. The zero-order valence-electron chi connectivity index (χ0n) is 17.1. The molecule has 28 heavy (non-hydrogen) atoms. The van der Waals surface area contributed by atoms with E-state index in [-0.39, 0.29) is 11.5 Å². The lowest BCUT2D eigenvalue weighted by Gasteiger charge is -2.35. The number of ether oxygens (including phenoxy) is 1. The molecule has 1 saturated carbocycles. The Balaban J connectivity index is 1.74. The van der Waals surface area contributed by atoms with Crippen LogP contribution in [0.25, 0.3) is 11.3 Å². The van der Waals surface area contributed by atoms with E-state index in [0.29, 0.717) is 12.6 Å². The van der Waals surface area contributed by atoms with E-state index in [2.05, 4.69) is 35.9 Å². The Kier molecular flexibility index (Phi) is 5.39. The minimum atomic E-state index is -0.00269. The van der Waals surface area contributed by atoms with E-state index in [9.17, 15) is 0 Å². The maximum Gasteiger partial charge on any atom is 0.123 e. The number of nitrogens with two attached hydrogens (primary N) is 2. The number of aromatic nitrogens is 2. The predicted molar refractivity (Wildman–Crippen MR) is 112 cm³/mol. The van der Waals surface area contributed by atoms with Crippen LogP contribution in [0.4, 0.5) is 0 Å². The van der Waals surface area contributed by atoms with E-state index >= 15 is 0 Å². The van der Waals surface area contributed by atoms with Gasteiger partial charge in [-0.05, 0) is 80.2 Å². The highest BCUT2D eigenvalue weighted by molar-refractivity contribution is 5.74. The smallest absolute Gasteiger partial charge is 0.123 e. The van der Waals surface area contributed by atoms with E-state index < -0.39 is 0 Å². The first-order chi connectivity index (χ1) is 13.5. The van der Waals surface area contributed by atoms with Crippen molar-refractivity contribution in [3.63, 3.8) is 0 Å². The molecular formula is C23H32N4O. The average Bonchev–Trinajstić information content (AvgIpc) is 2.69. The number of hydrogen-bond donors (Lipinski definition) is 2. The molecule has 0 amide bonds. The molecule has 2 aliphatic carbocycles. The Morgan fingerprint density at radius 3 is 2.71 bits per heavy atom. The maximum absolute atomic E-state index is 6.52. The third kappa shape index (κ3) is 3.65. The molecule has 0 radical (unpaired) electrons. The molecule has 2 aromatic rings. The summed E-state index contributed by atoms with van der Waals surface area (Å²) in [6.07, 6.45) is 10.9. The second-order valence-corrected chi connectivity index (χ2v) is 8.96. The van der Waals surface area contributed by atoms with Crippen molar-refractivity contribution in [3.05, 3.63) is 41.3 Å². The Morgan fingerprint density at radius 2 is 1.96 bits per heavy atom. The molecule has 0 saturated heterocycles. The van der Waals surface area contributed by atoms with Crippen LogP contribution in [0.5, 0.6) is 5.75 Å². The Morgan fingerprint density at radius 1 is 1.18 bits per heavy atom. The molecule has 4 rings (SSSR count). The van der Waals surface area contributed by atoms with Gasteiger partial charge in [0.25, 0.3) is 0 Å². The van der Waals surface area contributed by atoms with Crippen LogP contribution < -0.4 is 16.2 Å². The predicted octanol–water partition coefficient (Wildman–Crippen LogP) is 3.52. The van der Waals surface area contributed by atoms with Gasteiger partial charge in [0.15, 0.2) is 0 Å². The minimum Gasteiger partial charge on any atom is -0.490 e. The van der Waals surface area contributed by atoms with Gasteiger partial charge >= 0.3 is 0 Å². The summed E-state index contributed by atoms with van der Waals surface area (Å²) in [6, 6.07) is 4.66. The minimum absolute atomic E-state index is 0.00269. The molecule has 150 valence electrons. The second kappa shape index (κ2) is 7.80. The van der Waals surface area contributed by atoms with E-state index in [4.69, 9.17) is 16.2 Å². The maximum atomic E-state index is 6.52. The Labute approximate surface area is 167 Å². The highest BCUT2D eigenvalue weighted by Crippen LogP contribution is 2.45. The lowest BCUT2D eigenvalue weighted by atomic mass is 9.71. The molecule has 4 N–H and O–H groups in total. The molecule has 0 bridgehead atoms. The van der Waals surface area contributed by atoms with Gasteiger partial charge in [-0.15, -0.1) is 0 Å². The molecule has 1 fully saturated rings. The van der Waals surface area contributed by atoms with E-state index in [1.165, 1.54) is 22.3 Å². The fourth-order valence-electron chi connectivity index (χ4n) is 4.72. The summed E-state index contributed by atoms with van der Waals surface area (Å²) in [4.78, 5) is 8.92. The van der Waals surface area contributed by atoms with E-state index in [1.807, 2.05) is 6.20 Å². The molecule has 0 unspecified atom stereocenters. The lowest BCUT2D eigenvalue weighted by Crippen LogP contribution is -2.32. The molecule has 0 spiro atoms. The van der Waals surface area contributed by atoms with Gasteiger partial charge in [0, 0.05) is 23.4 Å². The van der Waals surface area contributed by atoms with Crippen molar-refractivity contribution >= 4 is 0 Å². The summed E-state index contributed by atoms with van der Waals surface area (Å²) >= 11 is 0. The second-order valence-electron chi connectivity index (χ2n) is 8.96. The fraction of sp³-hybridized carbons (Fsp3) is 0.565. The summed E-state index contributed by atoms with van der Waals surface area (Å²) in [5.74, 6) is 1.03. The first kappa shape index (κ1) is 19.3. The molecule has 1 heterocycles. The van der Waals surface area contributed by atoms with Gasteiger partial charge in [0.1, 0.15) is 12.1 Å². The Hall–Kier alpha value is -1.98. The van der Waals surface area contributed by atoms with Crippen LogP contribution in [0, 0.1) is 0 Å². The van der Waals surface area contributed by atoms with Crippen LogP contribution in [0.1, 0.15) is 62.6 Å². The number of hydrogen-bond acceptors (Lipinski definition) is 5. The van der Waals surface area contributed by atoms with Crippen LogP contribution >= 0.6 is 0 Å². The SMILES string of the molecule is CC1(C)Cc2c(ccc(OC3CCC(N)CC3)c2CCCN)-c2ncncc21. The van der Waals surface area contributed by atoms with Crippen LogP contribution in [-0.4, -0.2) is 28.7 Å². The molecule has 5 heteroatoms. The zero-order valence-corrected chi connectivity index (χ0v) is 17.1. The summed E-state index contributed by atoms with van der Waals surface area (Å²) in [6.45, 7) is 5.24. The topological polar surface area (TPSA) is 87.0 Å². The molecule has 0 atom stereocenters. The van der Waals surface area contributed by atoms with Gasteiger partial charge in [-0.25, -0.2) is 9.97 Å². The largest absolute Gasteiger partial charge is 0.490 e. The first-order valence-electron chi connectivity index (χ1n) is 10.6. The van der Waals surface area contributed by atoms with Crippen molar-refractivity contribution in [2.75, 3.05) is 6.54 Å². The monoisotopic (exact) mass is 380 g/mol. The van der Waals surface area contributed by atoms with E-state index in [0.717, 1.165) is 56.4 Å². The fourth-order valence-corrected chi connectivity index (χ4v) is 4.72. The molecule has 0 aliphatic heterocycles. The van der Waals surface area contributed by atoms with E-state index in [1.54, 1.807) is 6.33 Å². The van der Waals surface area contributed by atoms with Crippen molar-refractivity contribution in [2.45, 2.75) is 76.4 Å². The third-order valence-electron chi connectivity index (χ3n) is 6.35. The molecule has 2 aliphatic rings. The van der Waals surface area contributed by atoms with Crippen molar-refractivity contribution in [2.24, 2.45) is 11.5 Å². The summed E-state index contributed by atoms with van der Waals surface area (Å²) in [5, 5.41) is 0. The molecule has 1 aromatic carbocycles. The van der Waals surface area contributed by atoms with Crippen LogP contribution in [-0.2, 0) is 18.3 Å². The van der Waals surface area contributed by atoms with Gasteiger partial charge in [-0.1, -0.05) is 13.8 Å². The average molecular weight is 381 g/mol. The summed E-state index contributed by atoms with van der Waals surface area (Å²) < 4.78 is 6.52. The molecular weight excluding hydrogens is 348 g/mol. The zero-order chi connectivity index (χ0) is 19.7. The van der Waals surface area contributed by atoms with Gasteiger partial charge in [-0.2, -0.15) is 0 Å². The number of nitrogens with zero attached hydrogens (tertiary/aromatic N) is 2. The van der Waals surface area contributed by atoms with Crippen molar-refractivity contribution < 1.29 is 4.74 Å². The number of rotatable bonds is 5. The van der Waals surface area contributed by atoms with Crippen molar-refractivity contribution in [1.29, 1.82) is 0 Å². The van der Waals surface area contributed by atoms with Crippen LogP contribution in [0.3, 0.4) is 0 Å². The van der Waals surface area contributed by atoms with Gasteiger partial charge in [0.2, 0.25) is 0 Å². The normalized spacial score (nSPS) is 23.0. The number of fused-ring (bicyclic) bond motifs is 3. The first-order valence-corrected chi connectivity index (χ1v) is 10.6. The standard InChI is InChI=1S/C23H32N4O/c1-23(2)12-19-17(4-3-11-24)21(28-16-7-5-15(25)6-8-16)10-9-18(19)22-20(23)13-26-14-27-22/h9-10,13-16H,3-8,11-12,24-25H2,1-2H3. The van der Waals surface area contributed by atoms with Crippen LogP contribution in [0.2, 0.25) is 0 Å². The van der Waals surface area contributed by atoms with Crippen molar-refractivity contribution in [1.82, 2.24) is 9.97 Å². The lowest BCUT2D eigenvalue weighted by molar-refractivity contribution is 0.145. The van der Waals surface area contributed by atoms with Gasteiger partial charge in [-0.3, -0.25) is 0 Å². The van der Waals surface area contributed by atoms with Crippen LogP contribution in [0.15, 0.2) is 24.7 Å². The highest BCUT2D eigenvalue weighted by atomic mass is 16.5. The van der Waals surface area contributed by atoms with Gasteiger partial charge in [0.05, 0.1) is 11.8 Å². The third-order valence-corrected chi connectivity index (χ3v) is 6.35.